The Morgan fingerprint density at radius 3 is 1.67 bits per heavy atom. The van der Waals surface area contributed by atoms with E-state index in [9.17, 15) is 0 Å². The summed E-state index contributed by atoms with van der Waals surface area (Å²) in [6, 6.07) is 0. The molecule has 4 aliphatic rings. The van der Waals surface area contributed by atoms with Crippen molar-refractivity contribution in [2.24, 2.45) is 0 Å². The molecular formula is C20H18Fe. The van der Waals surface area contributed by atoms with E-state index in [1.807, 2.05) is 0 Å². The molecule has 0 N–H and O–H groups in total. The molecule has 0 aromatic rings. The van der Waals surface area contributed by atoms with Crippen LogP contribution in [0, 0.1) is 0 Å². The Bertz CT molecular complexity index is 653. The summed E-state index contributed by atoms with van der Waals surface area (Å²) in [5.74, 6) is 0. The van der Waals surface area contributed by atoms with Crippen LogP contribution in [0.5, 0.6) is 0 Å². The second-order valence-corrected chi connectivity index (χ2v) is 7.06. The van der Waals surface area contributed by atoms with E-state index < -0.39 is 0 Å². The Morgan fingerprint density at radius 1 is 0.619 bits per heavy atom. The van der Waals surface area contributed by atoms with Crippen LogP contribution in [0.2, 0.25) is 0 Å². The monoisotopic (exact) mass is 314 g/mol. The van der Waals surface area contributed by atoms with Gasteiger partial charge in [0.25, 0.3) is 0 Å². The van der Waals surface area contributed by atoms with Crippen LogP contribution in [0.3, 0.4) is 0 Å². The molecule has 0 spiro atoms. The molecule has 0 nitrogen and oxygen atoms in total. The first-order valence-corrected chi connectivity index (χ1v) is 8.66. The third-order valence-corrected chi connectivity index (χ3v) is 5.89. The number of hydrogen-bond donors (Lipinski definition) is 0. The Balaban J connectivity index is 1.58. The quantitative estimate of drug-likeness (QED) is 0.609. The molecule has 21 heavy (non-hydrogen) atoms. The molecule has 0 aromatic carbocycles. The average molecular weight is 314 g/mol. The fourth-order valence-corrected chi connectivity index (χ4v) is 4.76. The van der Waals surface area contributed by atoms with Gasteiger partial charge in [0.05, 0.1) is 0 Å². The zero-order valence-corrected chi connectivity index (χ0v) is 13.1. The zero-order chi connectivity index (χ0) is 14.1. The van der Waals surface area contributed by atoms with Crippen LogP contribution in [0.25, 0.3) is 0 Å². The molecule has 0 atom stereocenters. The van der Waals surface area contributed by atoms with E-state index in [1.54, 1.807) is 11.1 Å². The third kappa shape index (κ3) is 2.52. The number of rotatable bonds is 2. The first kappa shape index (κ1) is 13.1. The standard InChI is InChI=1S/2C10H9.Fe/c2*1-2-5-9-7-4-8-10(9)6-3-1;/h2*1-5H,6,8H2;. The van der Waals surface area contributed by atoms with E-state index >= 15 is 0 Å². The van der Waals surface area contributed by atoms with E-state index in [2.05, 4.69) is 60.8 Å². The topological polar surface area (TPSA) is 0 Å². The SMILES string of the molecule is C1=CCC2=C(C=C1)[C]([Fe][C]1=CCC3=C1C=CC=CC3)=CC2. The molecule has 106 valence electrons. The summed E-state index contributed by atoms with van der Waals surface area (Å²) in [6.07, 6.45) is 27.2. The van der Waals surface area contributed by atoms with Gasteiger partial charge in [-0.25, -0.2) is 0 Å². The molecule has 0 aromatic heterocycles. The molecule has 0 saturated heterocycles. The Hall–Kier alpha value is -1.56. The Morgan fingerprint density at radius 2 is 1.14 bits per heavy atom. The van der Waals surface area contributed by atoms with Gasteiger partial charge < -0.3 is 0 Å². The van der Waals surface area contributed by atoms with Gasteiger partial charge in [0, 0.05) is 0 Å². The van der Waals surface area contributed by atoms with Crippen molar-refractivity contribution in [3.05, 3.63) is 92.0 Å². The van der Waals surface area contributed by atoms with E-state index in [1.165, 1.54) is 20.1 Å². The van der Waals surface area contributed by atoms with Crippen LogP contribution >= 0.6 is 0 Å². The van der Waals surface area contributed by atoms with Gasteiger partial charge in [0.2, 0.25) is 0 Å². The van der Waals surface area contributed by atoms with E-state index in [0.717, 1.165) is 40.6 Å². The van der Waals surface area contributed by atoms with Crippen LogP contribution in [-0.2, 0) is 15.0 Å². The second kappa shape index (κ2) is 5.67. The van der Waals surface area contributed by atoms with Gasteiger partial charge in [-0.05, 0) is 0 Å². The van der Waals surface area contributed by atoms with Crippen molar-refractivity contribution in [1.82, 2.24) is 0 Å². The van der Waals surface area contributed by atoms with Gasteiger partial charge >= 0.3 is 133 Å². The molecule has 4 rings (SSSR count). The van der Waals surface area contributed by atoms with Gasteiger partial charge in [-0.2, -0.15) is 0 Å². The molecule has 1 heteroatoms. The fraction of sp³-hybridized carbons (Fsp3) is 0.200. The van der Waals surface area contributed by atoms with Gasteiger partial charge in [-0.15, -0.1) is 0 Å². The van der Waals surface area contributed by atoms with Crippen molar-refractivity contribution in [2.75, 3.05) is 0 Å². The minimum atomic E-state index is 1.09. The maximum atomic E-state index is 2.44. The van der Waals surface area contributed by atoms with Gasteiger partial charge in [0.1, 0.15) is 0 Å². The van der Waals surface area contributed by atoms with Gasteiger partial charge in [0.15, 0.2) is 0 Å². The van der Waals surface area contributed by atoms with Crippen LogP contribution in [0.15, 0.2) is 92.0 Å². The first-order chi connectivity index (χ1) is 10.4. The summed E-state index contributed by atoms with van der Waals surface area (Å²) in [5, 5.41) is 0. The molecule has 0 fully saturated rings. The molecule has 0 unspecified atom stereocenters. The first-order valence-electron chi connectivity index (χ1n) is 7.56. The normalized spacial score (nSPS) is 23.2. The summed E-state index contributed by atoms with van der Waals surface area (Å²) in [6.45, 7) is 0. The summed E-state index contributed by atoms with van der Waals surface area (Å²) in [5.41, 5.74) is 6.15. The molecule has 0 bridgehead atoms. The molecule has 4 aliphatic carbocycles. The van der Waals surface area contributed by atoms with E-state index in [4.69, 9.17) is 0 Å². The molecule has 0 aliphatic heterocycles. The minimum absolute atomic E-state index is 1.09. The summed E-state index contributed by atoms with van der Waals surface area (Å²) in [4.78, 5) is 0. The summed E-state index contributed by atoms with van der Waals surface area (Å²) < 4.78 is 3.05. The average Bonchev–Trinajstić information content (AvgIpc) is 2.85. The molecular weight excluding hydrogens is 296 g/mol. The Labute approximate surface area is 132 Å². The van der Waals surface area contributed by atoms with Gasteiger partial charge in [-0.3, -0.25) is 0 Å². The van der Waals surface area contributed by atoms with Crippen LogP contribution in [0.1, 0.15) is 25.7 Å². The van der Waals surface area contributed by atoms with Crippen LogP contribution in [-0.4, -0.2) is 0 Å². The molecule has 0 radical (unpaired) electrons. The van der Waals surface area contributed by atoms with Crippen molar-refractivity contribution in [2.45, 2.75) is 25.7 Å². The molecule has 0 saturated carbocycles. The van der Waals surface area contributed by atoms with Crippen molar-refractivity contribution in [1.29, 1.82) is 0 Å². The van der Waals surface area contributed by atoms with Crippen LogP contribution in [0.4, 0.5) is 0 Å². The van der Waals surface area contributed by atoms with Crippen LogP contribution < -0.4 is 0 Å². The zero-order valence-electron chi connectivity index (χ0n) is 12.0. The van der Waals surface area contributed by atoms with Crippen molar-refractivity contribution in [3.8, 4) is 0 Å². The maximum absolute atomic E-state index is 2.44. The van der Waals surface area contributed by atoms with Crippen molar-refractivity contribution < 1.29 is 15.0 Å². The second-order valence-electron chi connectivity index (χ2n) is 5.59. The van der Waals surface area contributed by atoms with Gasteiger partial charge in [-0.1, -0.05) is 0 Å². The number of allylic oxidation sites excluding steroid dienone is 16. The third-order valence-electron chi connectivity index (χ3n) is 4.25. The van der Waals surface area contributed by atoms with E-state index in [0.29, 0.717) is 0 Å². The number of hydrogen-bond acceptors (Lipinski definition) is 0. The fourth-order valence-electron chi connectivity index (χ4n) is 3.12. The molecule has 0 heterocycles. The summed E-state index contributed by atoms with van der Waals surface area (Å²) in [7, 11) is 0. The Kier molecular flexibility index (Phi) is 3.55. The predicted octanol–water partition coefficient (Wildman–Crippen LogP) is 5.27. The van der Waals surface area contributed by atoms with E-state index in [-0.39, 0.29) is 0 Å². The van der Waals surface area contributed by atoms with Crippen molar-refractivity contribution >= 4 is 0 Å². The molecule has 0 amide bonds. The van der Waals surface area contributed by atoms with Crippen molar-refractivity contribution in [3.63, 3.8) is 0 Å². The summed E-state index contributed by atoms with van der Waals surface area (Å²) >= 11 is 1.09. The predicted molar refractivity (Wildman–Crippen MR) is 85.2 cm³/mol.